The Bertz CT molecular complexity index is 1520. The summed E-state index contributed by atoms with van der Waals surface area (Å²) in [5, 5.41) is 4.31. The molecule has 0 bridgehead atoms. The van der Waals surface area contributed by atoms with E-state index in [9.17, 15) is 9.18 Å². The van der Waals surface area contributed by atoms with Gasteiger partial charge in [0.05, 0.1) is 31.1 Å². The van der Waals surface area contributed by atoms with Crippen LogP contribution in [0.2, 0.25) is 0 Å². The second kappa shape index (κ2) is 8.97. The van der Waals surface area contributed by atoms with Crippen molar-refractivity contribution in [3.8, 4) is 28.1 Å². The standard InChI is InChI=1S/C27H26FN7O2/c1-33-13-16(12-31-33)18-6-7-23(32-26(18)34-11-9-17(29)14-34)35-15-20-19(27(35)36)8-10-30-25(20)24-21(28)4-3-5-22(24)37-2/h3-8,10,12-13,17H,9,11,14-15,29H2,1-2H3/t17-/m1/s1. The third-order valence-electron chi connectivity index (χ3n) is 6.96. The van der Waals surface area contributed by atoms with E-state index in [1.165, 1.54) is 19.4 Å². The molecule has 188 valence electrons. The lowest BCUT2D eigenvalue weighted by molar-refractivity contribution is 0.0996. The summed E-state index contributed by atoms with van der Waals surface area (Å²) < 4.78 is 22.1. The summed E-state index contributed by atoms with van der Waals surface area (Å²) in [6.07, 6.45) is 6.13. The van der Waals surface area contributed by atoms with E-state index >= 15 is 0 Å². The number of nitrogens with two attached hydrogens (primary N) is 1. The molecule has 1 saturated heterocycles. The Hall–Kier alpha value is -4.31. The van der Waals surface area contributed by atoms with Crippen molar-refractivity contribution in [3.63, 3.8) is 0 Å². The van der Waals surface area contributed by atoms with E-state index in [1.807, 2.05) is 25.4 Å². The minimum atomic E-state index is -0.460. The van der Waals surface area contributed by atoms with Gasteiger partial charge in [-0.05, 0) is 36.8 Å². The minimum absolute atomic E-state index is 0.0641. The van der Waals surface area contributed by atoms with Crippen molar-refractivity contribution in [2.75, 3.05) is 30.0 Å². The summed E-state index contributed by atoms with van der Waals surface area (Å²) >= 11 is 0. The number of anilines is 2. The number of halogens is 1. The molecule has 2 N–H and O–H groups in total. The number of carbonyl (C=O) groups is 1. The van der Waals surface area contributed by atoms with Gasteiger partial charge >= 0.3 is 0 Å². The van der Waals surface area contributed by atoms with Crippen molar-refractivity contribution in [1.82, 2.24) is 19.7 Å². The van der Waals surface area contributed by atoms with Gasteiger partial charge in [0.25, 0.3) is 5.91 Å². The number of methoxy groups -OCH3 is 1. The van der Waals surface area contributed by atoms with E-state index < -0.39 is 5.82 Å². The number of hydrogen-bond acceptors (Lipinski definition) is 7. The highest BCUT2D eigenvalue weighted by Gasteiger charge is 2.34. The largest absolute Gasteiger partial charge is 0.496 e. The van der Waals surface area contributed by atoms with Gasteiger partial charge in [-0.15, -0.1) is 0 Å². The van der Waals surface area contributed by atoms with Gasteiger partial charge in [0.1, 0.15) is 23.2 Å². The van der Waals surface area contributed by atoms with Gasteiger partial charge in [-0.3, -0.25) is 19.4 Å². The van der Waals surface area contributed by atoms with Gasteiger partial charge in [0, 0.05) is 60.8 Å². The SMILES string of the molecule is COc1cccc(F)c1-c1nccc2c1CN(c1ccc(-c3cnn(C)c3)c(N3CC[C@@H](N)C3)n1)C2=O. The Morgan fingerprint density at radius 2 is 2.03 bits per heavy atom. The number of rotatable bonds is 5. The fraction of sp³-hybridized carbons (Fsp3) is 0.259. The molecule has 1 fully saturated rings. The number of nitrogens with zero attached hydrogens (tertiary/aromatic N) is 6. The van der Waals surface area contributed by atoms with Crippen LogP contribution in [0.25, 0.3) is 22.4 Å². The lowest BCUT2D eigenvalue weighted by Gasteiger charge is -2.23. The molecule has 0 unspecified atom stereocenters. The molecule has 4 aromatic rings. The van der Waals surface area contributed by atoms with E-state index in [0.29, 0.717) is 34.9 Å². The second-order valence-corrected chi connectivity index (χ2v) is 9.33. The third kappa shape index (κ3) is 3.89. The summed E-state index contributed by atoms with van der Waals surface area (Å²) in [6, 6.07) is 10.2. The summed E-state index contributed by atoms with van der Waals surface area (Å²) in [6.45, 7) is 1.67. The molecule has 0 saturated carbocycles. The van der Waals surface area contributed by atoms with Crippen molar-refractivity contribution in [2.24, 2.45) is 12.8 Å². The molecule has 1 atom stereocenters. The van der Waals surface area contributed by atoms with Crippen LogP contribution in [0.15, 0.2) is 55.0 Å². The molecule has 10 heteroatoms. The van der Waals surface area contributed by atoms with Crippen LogP contribution in [-0.2, 0) is 13.6 Å². The summed E-state index contributed by atoms with van der Waals surface area (Å²) in [4.78, 5) is 26.7. The molecule has 0 spiro atoms. The zero-order chi connectivity index (χ0) is 25.7. The van der Waals surface area contributed by atoms with Crippen molar-refractivity contribution in [3.05, 3.63) is 71.9 Å². The number of benzene rings is 1. The van der Waals surface area contributed by atoms with Gasteiger partial charge < -0.3 is 15.4 Å². The lowest BCUT2D eigenvalue weighted by Crippen LogP contribution is -2.29. The highest BCUT2D eigenvalue weighted by molar-refractivity contribution is 6.11. The first-order chi connectivity index (χ1) is 17.9. The molecule has 1 aromatic carbocycles. The zero-order valence-electron chi connectivity index (χ0n) is 20.6. The molecule has 0 aliphatic carbocycles. The van der Waals surface area contributed by atoms with Crippen molar-refractivity contribution >= 4 is 17.5 Å². The van der Waals surface area contributed by atoms with Gasteiger partial charge in [0.2, 0.25) is 0 Å². The van der Waals surface area contributed by atoms with Gasteiger partial charge in [0.15, 0.2) is 0 Å². The van der Waals surface area contributed by atoms with E-state index in [0.717, 1.165) is 29.9 Å². The molecule has 2 aliphatic heterocycles. The van der Waals surface area contributed by atoms with E-state index in [1.54, 1.807) is 34.0 Å². The quantitative estimate of drug-likeness (QED) is 0.449. The Kier molecular flexibility index (Phi) is 5.60. The number of hydrogen-bond donors (Lipinski definition) is 1. The van der Waals surface area contributed by atoms with Crippen molar-refractivity contribution in [2.45, 2.75) is 19.0 Å². The predicted octanol–water partition coefficient (Wildman–Crippen LogP) is 3.39. The summed E-state index contributed by atoms with van der Waals surface area (Å²) in [5.74, 6) is 0.961. The maximum atomic E-state index is 14.9. The first-order valence-corrected chi connectivity index (χ1v) is 12.1. The molecule has 0 radical (unpaired) electrons. The molecule has 9 nitrogen and oxygen atoms in total. The number of aromatic nitrogens is 4. The highest BCUT2D eigenvalue weighted by atomic mass is 19.1. The Morgan fingerprint density at radius 1 is 1.16 bits per heavy atom. The van der Waals surface area contributed by atoms with Crippen molar-refractivity contribution < 1.29 is 13.9 Å². The second-order valence-electron chi connectivity index (χ2n) is 9.33. The lowest BCUT2D eigenvalue weighted by atomic mass is 10.0. The highest BCUT2D eigenvalue weighted by Crippen LogP contribution is 2.40. The Balaban J connectivity index is 1.42. The van der Waals surface area contributed by atoms with Crippen LogP contribution in [0.1, 0.15) is 22.3 Å². The smallest absolute Gasteiger partial charge is 0.260 e. The number of pyridine rings is 2. The molecule has 3 aromatic heterocycles. The Labute approximate surface area is 213 Å². The fourth-order valence-corrected chi connectivity index (χ4v) is 5.13. The van der Waals surface area contributed by atoms with E-state index in [4.69, 9.17) is 15.5 Å². The molecule has 6 rings (SSSR count). The van der Waals surface area contributed by atoms with Crippen molar-refractivity contribution in [1.29, 1.82) is 0 Å². The van der Waals surface area contributed by atoms with Gasteiger partial charge in [-0.25, -0.2) is 9.37 Å². The number of carbonyl (C=O) groups excluding carboxylic acids is 1. The number of aryl methyl sites for hydroxylation is 1. The maximum absolute atomic E-state index is 14.9. The molecule has 5 heterocycles. The van der Waals surface area contributed by atoms with Crippen LogP contribution in [0, 0.1) is 5.82 Å². The number of amides is 1. The first kappa shape index (κ1) is 23.1. The molecule has 2 aliphatic rings. The number of fused-ring (bicyclic) bond motifs is 1. The van der Waals surface area contributed by atoms with Gasteiger partial charge in [-0.2, -0.15) is 5.10 Å². The molecule has 37 heavy (non-hydrogen) atoms. The van der Waals surface area contributed by atoms with E-state index in [-0.39, 0.29) is 24.1 Å². The average molecular weight is 500 g/mol. The van der Waals surface area contributed by atoms with E-state index in [2.05, 4.69) is 15.0 Å². The van der Waals surface area contributed by atoms with Crippen LogP contribution < -0.4 is 20.3 Å². The Morgan fingerprint density at radius 3 is 2.76 bits per heavy atom. The van der Waals surface area contributed by atoms with Crippen LogP contribution >= 0.6 is 0 Å². The fourth-order valence-electron chi connectivity index (χ4n) is 5.13. The van der Waals surface area contributed by atoms with Gasteiger partial charge in [-0.1, -0.05) is 6.07 Å². The van der Waals surface area contributed by atoms with Crippen LogP contribution in [0.4, 0.5) is 16.0 Å². The minimum Gasteiger partial charge on any atom is -0.496 e. The normalized spacial score (nSPS) is 17.0. The summed E-state index contributed by atoms with van der Waals surface area (Å²) in [5.41, 5.74) is 9.80. The molecular formula is C27H26FN7O2. The number of ether oxygens (including phenoxy) is 1. The third-order valence-corrected chi connectivity index (χ3v) is 6.96. The molecular weight excluding hydrogens is 473 g/mol. The van der Waals surface area contributed by atoms with Crippen LogP contribution in [-0.4, -0.2) is 51.9 Å². The maximum Gasteiger partial charge on any atom is 0.260 e. The van der Waals surface area contributed by atoms with Crippen LogP contribution in [0.5, 0.6) is 5.75 Å². The van der Waals surface area contributed by atoms with Crippen LogP contribution in [0.3, 0.4) is 0 Å². The predicted molar refractivity (Wildman–Crippen MR) is 138 cm³/mol. The first-order valence-electron chi connectivity index (χ1n) is 12.1. The molecule has 1 amide bonds. The monoisotopic (exact) mass is 499 g/mol. The average Bonchev–Trinajstić information content (AvgIpc) is 3.62. The summed E-state index contributed by atoms with van der Waals surface area (Å²) in [7, 11) is 3.35. The zero-order valence-corrected chi connectivity index (χ0v) is 20.6. The topological polar surface area (TPSA) is 102 Å².